The van der Waals surface area contributed by atoms with Gasteiger partial charge in [0.05, 0.1) is 5.57 Å². The molecule has 0 aliphatic carbocycles. The average molecular weight is 326 g/mol. The average Bonchev–Trinajstić information content (AvgIpc) is 2.59. The fourth-order valence-electron chi connectivity index (χ4n) is 2.70. The summed E-state index contributed by atoms with van der Waals surface area (Å²) in [5.41, 5.74) is 3.63. The van der Waals surface area contributed by atoms with Gasteiger partial charge in [-0.05, 0) is 47.7 Å². The van der Waals surface area contributed by atoms with E-state index >= 15 is 0 Å². The van der Waals surface area contributed by atoms with Crippen molar-refractivity contribution in [3.8, 4) is 5.75 Å². The predicted octanol–water partition coefficient (Wildman–Crippen LogP) is 4.38. The van der Waals surface area contributed by atoms with Crippen LogP contribution >= 0.6 is 0 Å². The van der Waals surface area contributed by atoms with Crippen LogP contribution < -0.4 is 4.74 Å². The van der Waals surface area contributed by atoms with Crippen LogP contribution in [0.2, 0.25) is 0 Å². The van der Waals surface area contributed by atoms with Crippen molar-refractivity contribution >= 4 is 17.1 Å². The van der Waals surface area contributed by atoms with E-state index in [0.717, 1.165) is 16.7 Å². The van der Waals surface area contributed by atoms with Gasteiger partial charge in [0, 0.05) is 7.11 Å². The van der Waals surface area contributed by atoms with Crippen LogP contribution in [0.1, 0.15) is 30.0 Å². The summed E-state index contributed by atoms with van der Waals surface area (Å²) in [4.78, 5) is 12.0. The molecular weight excluding hydrogens is 304 g/mol. The zero-order valence-electron chi connectivity index (χ0n) is 14.2. The molecule has 0 amide bonds. The molecule has 2 aromatic rings. The van der Waals surface area contributed by atoms with Crippen LogP contribution in [0.5, 0.6) is 5.75 Å². The van der Waals surface area contributed by atoms with Gasteiger partial charge in [0.2, 0.25) is 0 Å². The van der Waals surface area contributed by atoms with Gasteiger partial charge in [-0.1, -0.05) is 43.3 Å². The first-order chi connectivity index (χ1) is 11.6. The minimum absolute atomic E-state index is 0.157. The summed E-state index contributed by atoms with van der Waals surface area (Å²) in [6.45, 7) is 4.01. The highest BCUT2D eigenvalue weighted by atomic mass is 16.7. The first kappa shape index (κ1) is 17.8. The topological polar surface area (TPSA) is 55.8 Å². The molecule has 0 aromatic heterocycles. The number of carboxylic acids is 1. The third-order valence-electron chi connectivity index (χ3n) is 3.80. The molecule has 0 aliphatic rings. The fourth-order valence-corrected chi connectivity index (χ4v) is 2.70. The Morgan fingerprint density at radius 2 is 1.83 bits per heavy atom. The first-order valence-electron chi connectivity index (χ1n) is 7.83. The zero-order valence-corrected chi connectivity index (χ0v) is 14.2. The van der Waals surface area contributed by atoms with Gasteiger partial charge in [-0.2, -0.15) is 0 Å². The molecule has 0 bridgehead atoms. The molecule has 0 saturated carbocycles. The molecule has 2 rings (SSSR count). The molecule has 0 aliphatic heterocycles. The number of hydrogen-bond donors (Lipinski definition) is 1. The normalized spacial score (nSPS) is 11.8. The van der Waals surface area contributed by atoms with Crippen LogP contribution in [0.15, 0.2) is 48.5 Å². The number of aliphatic carboxylic acids is 1. The van der Waals surface area contributed by atoms with Crippen molar-refractivity contribution < 1.29 is 19.4 Å². The predicted molar refractivity (Wildman–Crippen MR) is 94.9 cm³/mol. The standard InChI is InChI=1S/C20H22O4/c1-4-17(15-8-6-5-7-9-15)19(20(21)22)18-11-10-16(12-14(18)2)24-13-23-3/h5-12H,4,13H2,1-3H3,(H,21,22)/b19-17+. The molecule has 4 nitrogen and oxygen atoms in total. The van der Waals surface area contributed by atoms with E-state index in [1.807, 2.05) is 50.2 Å². The summed E-state index contributed by atoms with van der Waals surface area (Å²) in [5.74, 6) is -0.273. The second-order valence-corrected chi connectivity index (χ2v) is 5.41. The minimum Gasteiger partial charge on any atom is -0.478 e. The lowest BCUT2D eigenvalue weighted by Crippen LogP contribution is -2.06. The lowest BCUT2D eigenvalue weighted by molar-refractivity contribution is -0.130. The fraction of sp³-hybridized carbons (Fsp3) is 0.250. The van der Waals surface area contributed by atoms with Gasteiger partial charge >= 0.3 is 5.97 Å². The second kappa shape index (κ2) is 8.31. The molecule has 4 heteroatoms. The summed E-state index contributed by atoms with van der Waals surface area (Å²) in [5, 5.41) is 9.82. The molecule has 0 heterocycles. The molecular formula is C20H22O4. The maximum atomic E-state index is 12.0. The summed E-state index contributed by atoms with van der Waals surface area (Å²) >= 11 is 0. The molecule has 0 saturated heterocycles. The Kier molecular flexibility index (Phi) is 6.15. The molecule has 24 heavy (non-hydrogen) atoms. The van der Waals surface area contributed by atoms with Crippen LogP contribution in [0.4, 0.5) is 0 Å². The van der Waals surface area contributed by atoms with Crippen molar-refractivity contribution in [2.75, 3.05) is 13.9 Å². The maximum absolute atomic E-state index is 12.0. The number of carboxylic acid groups (broad SMARTS) is 1. The van der Waals surface area contributed by atoms with Crippen molar-refractivity contribution in [3.05, 3.63) is 65.2 Å². The molecule has 0 atom stereocenters. The second-order valence-electron chi connectivity index (χ2n) is 5.41. The number of allylic oxidation sites excluding steroid dienone is 1. The lowest BCUT2D eigenvalue weighted by atomic mass is 9.90. The number of rotatable bonds is 7. The van der Waals surface area contributed by atoms with Gasteiger partial charge in [-0.25, -0.2) is 4.79 Å². The van der Waals surface area contributed by atoms with E-state index in [1.165, 1.54) is 0 Å². The molecule has 126 valence electrons. The van der Waals surface area contributed by atoms with Gasteiger partial charge in [-0.3, -0.25) is 0 Å². The largest absolute Gasteiger partial charge is 0.478 e. The number of aryl methyl sites for hydroxylation is 1. The van der Waals surface area contributed by atoms with E-state index < -0.39 is 5.97 Å². The summed E-state index contributed by atoms with van der Waals surface area (Å²) in [6, 6.07) is 15.0. The van der Waals surface area contributed by atoms with E-state index in [0.29, 0.717) is 23.3 Å². The Bertz CT molecular complexity index is 733. The number of methoxy groups -OCH3 is 1. The monoisotopic (exact) mass is 326 g/mol. The zero-order chi connectivity index (χ0) is 17.5. The van der Waals surface area contributed by atoms with Gasteiger partial charge in [0.1, 0.15) is 5.75 Å². The van der Waals surface area contributed by atoms with E-state index in [2.05, 4.69) is 0 Å². The van der Waals surface area contributed by atoms with E-state index in [-0.39, 0.29) is 6.79 Å². The summed E-state index contributed by atoms with van der Waals surface area (Å²) < 4.78 is 10.3. The van der Waals surface area contributed by atoms with Gasteiger partial charge in [0.25, 0.3) is 0 Å². The highest BCUT2D eigenvalue weighted by Gasteiger charge is 2.19. The molecule has 0 unspecified atom stereocenters. The van der Waals surface area contributed by atoms with Crippen molar-refractivity contribution in [3.63, 3.8) is 0 Å². The van der Waals surface area contributed by atoms with Gasteiger partial charge in [0.15, 0.2) is 6.79 Å². The van der Waals surface area contributed by atoms with Crippen LogP contribution in [0, 0.1) is 6.92 Å². The van der Waals surface area contributed by atoms with Crippen molar-refractivity contribution in [1.29, 1.82) is 0 Å². The number of benzene rings is 2. The van der Waals surface area contributed by atoms with Crippen LogP contribution in [0.3, 0.4) is 0 Å². The van der Waals surface area contributed by atoms with E-state index in [9.17, 15) is 9.90 Å². The Hall–Kier alpha value is -2.59. The maximum Gasteiger partial charge on any atom is 0.336 e. The van der Waals surface area contributed by atoms with E-state index in [4.69, 9.17) is 9.47 Å². The Morgan fingerprint density at radius 1 is 1.12 bits per heavy atom. The molecule has 2 aromatic carbocycles. The molecule has 1 N–H and O–H groups in total. The lowest BCUT2D eigenvalue weighted by Gasteiger charge is -2.15. The minimum atomic E-state index is -0.927. The van der Waals surface area contributed by atoms with Crippen LogP contribution in [-0.2, 0) is 9.53 Å². The first-order valence-corrected chi connectivity index (χ1v) is 7.83. The van der Waals surface area contributed by atoms with Crippen molar-refractivity contribution in [2.45, 2.75) is 20.3 Å². The van der Waals surface area contributed by atoms with Gasteiger partial charge < -0.3 is 14.6 Å². The Balaban J connectivity index is 2.55. The third kappa shape index (κ3) is 4.03. The summed E-state index contributed by atoms with van der Waals surface area (Å²) in [6.07, 6.45) is 0.632. The number of carbonyl (C=O) groups is 1. The van der Waals surface area contributed by atoms with Crippen LogP contribution in [-0.4, -0.2) is 25.0 Å². The smallest absolute Gasteiger partial charge is 0.336 e. The molecule has 0 fully saturated rings. The molecule has 0 radical (unpaired) electrons. The van der Waals surface area contributed by atoms with Gasteiger partial charge in [-0.15, -0.1) is 0 Å². The third-order valence-corrected chi connectivity index (χ3v) is 3.80. The van der Waals surface area contributed by atoms with E-state index in [1.54, 1.807) is 19.2 Å². The summed E-state index contributed by atoms with van der Waals surface area (Å²) in [7, 11) is 1.56. The SMILES string of the molecule is CC/C(=C(\C(=O)O)c1ccc(OCOC)cc1C)c1ccccc1. The highest BCUT2D eigenvalue weighted by molar-refractivity contribution is 6.24. The molecule has 0 spiro atoms. The van der Waals surface area contributed by atoms with Crippen molar-refractivity contribution in [2.24, 2.45) is 0 Å². The Labute approximate surface area is 142 Å². The van der Waals surface area contributed by atoms with Crippen molar-refractivity contribution in [1.82, 2.24) is 0 Å². The number of hydrogen-bond acceptors (Lipinski definition) is 3. The highest BCUT2D eigenvalue weighted by Crippen LogP contribution is 2.32. The Morgan fingerprint density at radius 3 is 2.38 bits per heavy atom. The number of ether oxygens (including phenoxy) is 2. The quantitative estimate of drug-likeness (QED) is 0.466. The van der Waals surface area contributed by atoms with Crippen LogP contribution in [0.25, 0.3) is 11.1 Å².